The summed E-state index contributed by atoms with van der Waals surface area (Å²) in [5.41, 5.74) is 0.426. The Hall–Kier alpha value is -1.99. The molecule has 0 unspecified atom stereocenters. The third kappa shape index (κ3) is 4.49. The minimum Gasteiger partial charge on any atom is -0.449 e. The van der Waals surface area contributed by atoms with Gasteiger partial charge in [-0.3, -0.25) is 4.79 Å². The Kier molecular flexibility index (Phi) is 5.68. The molecule has 1 aromatic heterocycles. The zero-order valence-electron chi connectivity index (χ0n) is 11.8. The van der Waals surface area contributed by atoms with Crippen molar-refractivity contribution in [3.8, 4) is 0 Å². The van der Waals surface area contributed by atoms with Crippen LogP contribution in [0.3, 0.4) is 0 Å². The molecule has 1 heterocycles. The van der Waals surface area contributed by atoms with Crippen molar-refractivity contribution < 1.29 is 18.7 Å². The maximum atomic E-state index is 13.0. The molecular weight excluding hydrogens is 391 g/mol. The molecule has 0 bridgehead atoms. The molecule has 1 atom stereocenters. The first-order valence-corrected chi connectivity index (χ1v) is 7.63. The van der Waals surface area contributed by atoms with Crippen molar-refractivity contribution in [2.45, 2.75) is 13.0 Å². The fourth-order valence-electron chi connectivity index (χ4n) is 1.65. The summed E-state index contributed by atoms with van der Waals surface area (Å²) >= 11 is 8.91. The van der Waals surface area contributed by atoms with E-state index >= 15 is 0 Å². The fraction of sp³-hybridized carbons (Fsp3) is 0.133. The first-order valence-electron chi connectivity index (χ1n) is 6.46. The average Bonchev–Trinajstić information content (AvgIpc) is 2.49. The van der Waals surface area contributed by atoms with E-state index in [0.717, 1.165) is 12.1 Å². The van der Waals surface area contributed by atoms with Crippen LogP contribution in [0.25, 0.3) is 0 Å². The maximum absolute atomic E-state index is 13.0. The highest BCUT2D eigenvalue weighted by molar-refractivity contribution is 9.10. The van der Waals surface area contributed by atoms with Gasteiger partial charge in [0.25, 0.3) is 5.91 Å². The Morgan fingerprint density at radius 1 is 1.39 bits per heavy atom. The quantitative estimate of drug-likeness (QED) is 0.625. The highest BCUT2D eigenvalue weighted by Crippen LogP contribution is 2.20. The standard InChI is InChI=1S/C15H11BrClFN2O3/c1-8(14(21)20-12-3-2-6-19-13(12)17)23-15(22)10-5-4-9(18)7-11(10)16/h2-8H,1H3,(H,20,21)/t8-/m1/s1. The number of nitrogens with zero attached hydrogens (tertiary/aromatic N) is 1. The number of amides is 1. The SMILES string of the molecule is C[C@@H](OC(=O)c1ccc(F)cc1Br)C(=O)Nc1cccnc1Cl. The summed E-state index contributed by atoms with van der Waals surface area (Å²) in [6, 6.07) is 6.70. The highest BCUT2D eigenvalue weighted by atomic mass is 79.9. The molecule has 0 radical (unpaired) electrons. The van der Waals surface area contributed by atoms with Crippen LogP contribution in [0.4, 0.5) is 10.1 Å². The van der Waals surface area contributed by atoms with Crippen molar-refractivity contribution in [3.05, 3.63) is 57.5 Å². The molecule has 0 aliphatic heterocycles. The Morgan fingerprint density at radius 3 is 2.78 bits per heavy atom. The van der Waals surface area contributed by atoms with Crippen LogP contribution in [0, 0.1) is 5.82 Å². The van der Waals surface area contributed by atoms with Gasteiger partial charge < -0.3 is 10.1 Å². The van der Waals surface area contributed by atoms with Gasteiger partial charge in [-0.2, -0.15) is 0 Å². The number of aromatic nitrogens is 1. The van der Waals surface area contributed by atoms with Crippen LogP contribution in [-0.2, 0) is 9.53 Å². The van der Waals surface area contributed by atoms with Crippen molar-refractivity contribution in [1.29, 1.82) is 0 Å². The van der Waals surface area contributed by atoms with E-state index in [9.17, 15) is 14.0 Å². The number of anilines is 1. The molecule has 1 N–H and O–H groups in total. The van der Waals surface area contributed by atoms with E-state index in [2.05, 4.69) is 26.2 Å². The number of pyridine rings is 1. The molecule has 0 saturated heterocycles. The molecule has 0 fully saturated rings. The average molecular weight is 402 g/mol. The predicted octanol–water partition coefficient (Wildman–Crippen LogP) is 3.82. The first-order chi connectivity index (χ1) is 10.9. The van der Waals surface area contributed by atoms with Crippen molar-refractivity contribution in [3.63, 3.8) is 0 Å². The molecule has 8 heteroatoms. The van der Waals surface area contributed by atoms with Gasteiger partial charge in [-0.05, 0) is 53.2 Å². The lowest BCUT2D eigenvalue weighted by atomic mass is 10.2. The topological polar surface area (TPSA) is 68.3 Å². The molecule has 0 spiro atoms. The summed E-state index contributed by atoms with van der Waals surface area (Å²) in [6.07, 6.45) is 0.406. The van der Waals surface area contributed by atoms with Gasteiger partial charge in [-0.15, -0.1) is 0 Å². The van der Waals surface area contributed by atoms with Gasteiger partial charge in [-0.25, -0.2) is 14.2 Å². The number of hydrogen-bond donors (Lipinski definition) is 1. The van der Waals surface area contributed by atoms with Crippen molar-refractivity contribution in [2.24, 2.45) is 0 Å². The second-order valence-electron chi connectivity index (χ2n) is 4.50. The normalized spacial score (nSPS) is 11.7. The molecule has 2 aromatic rings. The van der Waals surface area contributed by atoms with E-state index in [1.807, 2.05) is 0 Å². The molecule has 5 nitrogen and oxygen atoms in total. The smallest absolute Gasteiger partial charge is 0.340 e. The number of carbonyl (C=O) groups is 2. The molecule has 1 amide bonds. The van der Waals surface area contributed by atoms with Gasteiger partial charge in [0.15, 0.2) is 11.3 Å². The van der Waals surface area contributed by atoms with E-state index in [1.54, 1.807) is 12.1 Å². The summed E-state index contributed by atoms with van der Waals surface area (Å²) in [4.78, 5) is 27.9. The van der Waals surface area contributed by atoms with E-state index < -0.39 is 23.8 Å². The third-order valence-corrected chi connectivity index (χ3v) is 3.78. The second-order valence-corrected chi connectivity index (χ2v) is 5.72. The Bertz CT molecular complexity index is 757. The minimum absolute atomic E-state index is 0.116. The number of benzene rings is 1. The fourth-order valence-corrected chi connectivity index (χ4v) is 2.33. The van der Waals surface area contributed by atoms with Gasteiger partial charge in [0.1, 0.15) is 5.82 Å². The van der Waals surface area contributed by atoms with Gasteiger partial charge in [-0.1, -0.05) is 11.6 Å². The van der Waals surface area contributed by atoms with Crippen LogP contribution in [0.15, 0.2) is 41.0 Å². The van der Waals surface area contributed by atoms with E-state index in [0.29, 0.717) is 5.69 Å². The summed E-state index contributed by atoms with van der Waals surface area (Å²) in [7, 11) is 0. The third-order valence-electron chi connectivity index (χ3n) is 2.82. The second kappa shape index (κ2) is 7.52. The Balaban J connectivity index is 2.03. The molecule has 0 saturated carbocycles. The summed E-state index contributed by atoms with van der Waals surface area (Å²) in [5, 5.41) is 2.63. The summed E-state index contributed by atoms with van der Waals surface area (Å²) in [6.45, 7) is 1.41. The van der Waals surface area contributed by atoms with E-state index in [1.165, 1.54) is 19.2 Å². The number of nitrogens with one attached hydrogen (secondary N) is 1. The van der Waals surface area contributed by atoms with E-state index in [-0.39, 0.29) is 15.2 Å². The van der Waals surface area contributed by atoms with Crippen molar-refractivity contribution >= 4 is 45.1 Å². The van der Waals surface area contributed by atoms with Crippen LogP contribution in [0.5, 0.6) is 0 Å². The lowest BCUT2D eigenvalue weighted by Gasteiger charge is -2.14. The van der Waals surface area contributed by atoms with Crippen LogP contribution in [0.2, 0.25) is 5.15 Å². The molecular formula is C15H11BrClFN2O3. The molecule has 120 valence electrons. The summed E-state index contributed by atoms with van der Waals surface area (Å²) in [5.74, 6) is -1.81. The number of esters is 1. The summed E-state index contributed by atoms with van der Waals surface area (Å²) < 4.78 is 18.3. The molecule has 2 rings (SSSR count). The van der Waals surface area contributed by atoms with Crippen LogP contribution in [0.1, 0.15) is 17.3 Å². The van der Waals surface area contributed by atoms with Gasteiger partial charge in [0.05, 0.1) is 11.3 Å². The number of halogens is 3. The largest absolute Gasteiger partial charge is 0.449 e. The monoisotopic (exact) mass is 400 g/mol. The van der Waals surface area contributed by atoms with Gasteiger partial charge >= 0.3 is 5.97 Å². The molecule has 0 aliphatic rings. The molecule has 23 heavy (non-hydrogen) atoms. The lowest BCUT2D eigenvalue weighted by molar-refractivity contribution is -0.123. The Morgan fingerprint density at radius 2 is 2.13 bits per heavy atom. The van der Waals surface area contributed by atoms with Crippen molar-refractivity contribution in [1.82, 2.24) is 4.98 Å². The van der Waals surface area contributed by atoms with Gasteiger partial charge in [0, 0.05) is 10.7 Å². The molecule has 1 aromatic carbocycles. The Labute approximate surface area is 144 Å². The number of carbonyl (C=O) groups excluding carboxylic acids is 2. The number of rotatable bonds is 4. The number of hydrogen-bond acceptors (Lipinski definition) is 4. The minimum atomic E-state index is -1.07. The predicted molar refractivity (Wildman–Crippen MR) is 86.9 cm³/mol. The highest BCUT2D eigenvalue weighted by Gasteiger charge is 2.21. The van der Waals surface area contributed by atoms with Crippen LogP contribution >= 0.6 is 27.5 Å². The van der Waals surface area contributed by atoms with Crippen LogP contribution < -0.4 is 5.32 Å². The molecule has 0 aliphatic carbocycles. The zero-order chi connectivity index (χ0) is 17.0. The first kappa shape index (κ1) is 17.4. The van der Waals surface area contributed by atoms with E-state index in [4.69, 9.17) is 16.3 Å². The maximum Gasteiger partial charge on any atom is 0.340 e. The lowest BCUT2D eigenvalue weighted by Crippen LogP contribution is -2.30. The van der Waals surface area contributed by atoms with Crippen LogP contribution in [-0.4, -0.2) is 23.0 Å². The van der Waals surface area contributed by atoms with Gasteiger partial charge in [0.2, 0.25) is 0 Å². The number of ether oxygens (including phenoxy) is 1. The zero-order valence-corrected chi connectivity index (χ0v) is 14.2. The van der Waals surface area contributed by atoms with Crippen molar-refractivity contribution in [2.75, 3.05) is 5.32 Å².